The highest BCUT2D eigenvalue weighted by molar-refractivity contribution is 7.90. The number of hydrogen-bond donors (Lipinski definition) is 0. The Bertz CT molecular complexity index is 1230. The molecule has 1 aromatic carbocycles. The third-order valence-electron chi connectivity index (χ3n) is 6.80. The SMILES string of the molecule is CC(C)[C@@H]1CN(c2ccc(F)c(S(C)(=O)=O)c2)CCN1c1ncc(CN(C)C(C)(C)C)c(C(F)(F)F)n1. The third-order valence-corrected chi connectivity index (χ3v) is 7.91. The maximum absolute atomic E-state index is 14.1. The van der Waals surface area contributed by atoms with Gasteiger partial charge in [0.15, 0.2) is 15.5 Å². The lowest BCUT2D eigenvalue weighted by Gasteiger charge is -2.44. The number of benzene rings is 1. The topological polar surface area (TPSA) is 69.6 Å². The number of sulfone groups is 1. The largest absolute Gasteiger partial charge is 0.433 e. The minimum absolute atomic E-state index is 0.00349. The van der Waals surface area contributed by atoms with Crippen molar-refractivity contribution >= 4 is 21.5 Å². The van der Waals surface area contributed by atoms with E-state index in [1.165, 1.54) is 18.3 Å². The van der Waals surface area contributed by atoms with E-state index < -0.39 is 27.5 Å². The van der Waals surface area contributed by atoms with Gasteiger partial charge in [-0.05, 0) is 51.9 Å². The number of anilines is 2. The van der Waals surface area contributed by atoms with Crippen LogP contribution in [0.5, 0.6) is 0 Å². The number of aromatic nitrogens is 2. The molecule has 0 radical (unpaired) electrons. The number of alkyl halides is 3. The van der Waals surface area contributed by atoms with Crippen molar-refractivity contribution in [3.8, 4) is 0 Å². The Morgan fingerprint density at radius 1 is 1.16 bits per heavy atom. The Hall–Kier alpha value is -2.47. The van der Waals surface area contributed by atoms with E-state index in [0.717, 1.165) is 12.3 Å². The molecular formula is C25H35F4N5O2S. The predicted octanol–water partition coefficient (Wildman–Crippen LogP) is 4.62. The molecule has 0 N–H and O–H groups in total. The van der Waals surface area contributed by atoms with E-state index in [1.807, 2.05) is 44.4 Å². The smallest absolute Gasteiger partial charge is 0.368 e. The van der Waals surface area contributed by atoms with Gasteiger partial charge in [-0.25, -0.2) is 22.8 Å². The van der Waals surface area contributed by atoms with Gasteiger partial charge in [0, 0.05) is 55.4 Å². The third kappa shape index (κ3) is 6.70. The Balaban J connectivity index is 1.94. The summed E-state index contributed by atoms with van der Waals surface area (Å²) < 4.78 is 80.2. The van der Waals surface area contributed by atoms with Gasteiger partial charge >= 0.3 is 6.18 Å². The molecule has 1 atom stereocenters. The van der Waals surface area contributed by atoms with Crippen molar-refractivity contribution in [3.05, 3.63) is 41.5 Å². The maximum atomic E-state index is 14.1. The van der Waals surface area contributed by atoms with Crippen LogP contribution in [0.15, 0.2) is 29.3 Å². The summed E-state index contributed by atoms with van der Waals surface area (Å²) in [5.74, 6) is -0.804. The minimum Gasteiger partial charge on any atom is -0.368 e. The van der Waals surface area contributed by atoms with Crippen molar-refractivity contribution < 1.29 is 26.0 Å². The average molecular weight is 546 g/mol. The van der Waals surface area contributed by atoms with Crippen molar-refractivity contribution in [1.29, 1.82) is 0 Å². The molecule has 206 valence electrons. The lowest BCUT2D eigenvalue weighted by Crippen LogP contribution is -2.56. The summed E-state index contributed by atoms with van der Waals surface area (Å²) >= 11 is 0. The summed E-state index contributed by atoms with van der Waals surface area (Å²) in [5.41, 5.74) is -0.745. The molecule has 0 bridgehead atoms. The summed E-state index contributed by atoms with van der Waals surface area (Å²) in [6, 6.07) is 3.67. The van der Waals surface area contributed by atoms with Crippen LogP contribution >= 0.6 is 0 Å². The number of rotatable bonds is 6. The molecule has 2 aromatic rings. The van der Waals surface area contributed by atoms with Crippen LogP contribution < -0.4 is 9.80 Å². The summed E-state index contributed by atoms with van der Waals surface area (Å²) in [6.45, 7) is 10.8. The Labute approximate surface area is 216 Å². The summed E-state index contributed by atoms with van der Waals surface area (Å²) in [6.07, 6.45) is -2.44. The highest BCUT2D eigenvalue weighted by Gasteiger charge is 2.39. The van der Waals surface area contributed by atoms with E-state index >= 15 is 0 Å². The number of hydrogen-bond acceptors (Lipinski definition) is 7. The molecule has 1 saturated heterocycles. The zero-order valence-corrected chi connectivity index (χ0v) is 23.1. The van der Waals surface area contributed by atoms with Crippen molar-refractivity contribution in [2.75, 3.05) is 42.7 Å². The second-order valence-electron chi connectivity index (χ2n) is 10.9. The van der Waals surface area contributed by atoms with E-state index in [1.54, 1.807) is 11.9 Å². The molecule has 0 saturated carbocycles. The molecular weight excluding hydrogens is 510 g/mol. The molecule has 0 unspecified atom stereocenters. The van der Waals surface area contributed by atoms with Gasteiger partial charge in [-0.3, -0.25) is 4.90 Å². The van der Waals surface area contributed by atoms with E-state index in [-0.39, 0.29) is 40.5 Å². The first-order valence-electron chi connectivity index (χ1n) is 12.0. The second kappa shape index (κ2) is 10.4. The highest BCUT2D eigenvalue weighted by Crippen LogP contribution is 2.34. The summed E-state index contributed by atoms with van der Waals surface area (Å²) in [5, 5.41) is 0. The molecule has 37 heavy (non-hydrogen) atoms. The van der Waals surface area contributed by atoms with Gasteiger partial charge in [0.1, 0.15) is 10.7 Å². The molecule has 0 amide bonds. The van der Waals surface area contributed by atoms with Crippen molar-refractivity contribution in [1.82, 2.24) is 14.9 Å². The fraction of sp³-hybridized carbons (Fsp3) is 0.600. The Morgan fingerprint density at radius 3 is 2.35 bits per heavy atom. The van der Waals surface area contributed by atoms with Crippen LogP contribution in [0.3, 0.4) is 0 Å². The van der Waals surface area contributed by atoms with Gasteiger partial charge in [-0.15, -0.1) is 0 Å². The summed E-state index contributed by atoms with van der Waals surface area (Å²) in [4.78, 5) is 13.5. The first-order valence-corrected chi connectivity index (χ1v) is 13.9. The van der Waals surface area contributed by atoms with E-state index in [4.69, 9.17) is 0 Å². The zero-order chi connectivity index (χ0) is 27.9. The lowest BCUT2D eigenvalue weighted by atomic mass is 9.99. The maximum Gasteiger partial charge on any atom is 0.433 e. The highest BCUT2D eigenvalue weighted by atomic mass is 32.2. The van der Waals surface area contributed by atoms with Crippen LogP contribution in [0.25, 0.3) is 0 Å². The van der Waals surface area contributed by atoms with Crippen LogP contribution in [0, 0.1) is 11.7 Å². The van der Waals surface area contributed by atoms with Gasteiger partial charge in [0.05, 0.1) is 6.04 Å². The van der Waals surface area contributed by atoms with Crippen LogP contribution in [-0.4, -0.2) is 67.8 Å². The Morgan fingerprint density at radius 2 is 1.81 bits per heavy atom. The number of halogens is 4. The Kier molecular flexibility index (Phi) is 8.14. The number of nitrogens with zero attached hydrogens (tertiary/aromatic N) is 5. The molecule has 0 aliphatic carbocycles. The second-order valence-corrected chi connectivity index (χ2v) is 12.9. The molecule has 0 spiro atoms. The predicted molar refractivity (Wildman–Crippen MR) is 136 cm³/mol. The van der Waals surface area contributed by atoms with Crippen LogP contribution in [-0.2, 0) is 22.6 Å². The molecule has 3 rings (SSSR count). The van der Waals surface area contributed by atoms with Crippen LogP contribution in [0.4, 0.5) is 29.2 Å². The van der Waals surface area contributed by atoms with Crippen molar-refractivity contribution in [3.63, 3.8) is 0 Å². The normalized spacial score (nSPS) is 17.7. The van der Waals surface area contributed by atoms with E-state index in [0.29, 0.717) is 25.3 Å². The quantitative estimate of drug-likeness (QED) is 0.491. The van der Waals surface area contributed by atoms with Crippen molar-refractivity contribution in [2.45, 2.75) is 63.8 Å². The fourth-order valence-corrected chi connectivity index (χ4v) is 4.98. The standard InChI is InChI=1S/C25H35F4N5O2S/c1-16(2)20-15-33(18-8-9-19(26)21(12-18)37(7,35)36)10-11-34(20)23-30-13-17(14-32(6)24(3,4)5)22(31-23)25(27,28)29/h8-9,12-13,16,20H,10-11,14-15H2,1-7H3/t20-/m0/s1. The zero-order valence-electron chi connectivity index (χ0n) is 22.3. The molecule has 1 fully saturated rings. The monoisotopic (exact) mass is 545 g/mol. The average Bonchev–Trinajstić information content (AvgIpc) is 2.77. The van der Waals surface area contributed by atoms with Gasteiger partial charge in [0.25, 0.3) is 0 Å². The van der Waals surface area contributed by atoms with Crippen LogP contribution in [0.1, 0.15) is 45.9 Å². The first kappa shape index (κ1) is 29.1. The van der Waals surface area contributed by atoms with Gasteiger partial charge in [0.2, 0.25) is 5.95 Å². The van der Waals surface area contributed by atoms with Gasteiger partial charge < -0.3 is 9.80 Å². The fourth-order valence-electron chi connectivity index (χ4n) is 4.23. The molecule has 7 nitrogen and oxygen atoms in total. The molecule has 1 aromatic heterocycles. The van der Waals surface area contributed by atoms with Gasteiger partial charge in [-0.2, -0.15) is 13.2 Å². The van der Waals surface area contributed by atoms with E-state index in [9.17, 15) is 26.0 Å². The first-order chi connectivity index (χ1) is 16.9. The van der Waals surface area contributed by atoms with Gasteiger partial charge in [-0.1, -0.05) is 13.8 Å². The van der Waals surface area contributed by atoms with E-state index in [2.05, 4.69) is 9.97 Å². The minimum atomic E-state index is -4.64. The summed E-state index contributed by atoms with van der Waals surface area (Å²) in [7, 11) is -2.00. The molecule has 1 aliphatic rings. The molecule has 1 aliphatic heterocycles. The molecule has 2 heterocycles. The lowest BCUT2D eigenvalue weighted by molar-refractivity contribution is -0.142. The number of piperazine rings is 1. The van der Waals surface area contributed by atoms with Crippen LogP contribution in [0.2, 0.25) is 0 Å². The van der Waals surface area contributed by atoms with Crippen molar-refractivity contribution in [2.24, 2.45) is 5.92 Å². The molecule has 12 heteroatoms.